The highest BCUT2D eigenvalue weighted by atomic mass is 32.1. The van der Waals surface area contributed by atoms with Crippen molar-refractivity contribution >= 4 is 32.6 Å². The number of hydrogen-bond acceptors (Lipinski definition) is 7. The van der Waals surface area contributed by atoms with E-state index in [1.807, 2.05) is 18.2 Å². The average Bonchev–Trinajstić information content (AvgIpc) is 3.25. The first-order valence-electron chi connectivity index (χ1n) is 11.3. The van der Waals surface area contributed by atoms with E-state index in [-0.39, 0.29) is 12.5 Å². The van der Waals surface area contributed by atoms with Crippen LogP contribution in [0.1, 0.15) is 17.5 Å². The molecule has 0 N–H and O–H groups in total. The first kappa shape index (κ1) is 23.5. The summed E-state index contributed by atoms with van der Waals surface area (Å²) in [5, 5.41) is 0.722. The van der Waals surface area contributed by atoms with Crippen LogP contribution >= 0.6 is 11.3 Å². The van der Waals surface area contributed by atoms with Gasteiger partial charge in [-0.05, 0) is 49.6 Å². The van der Waals surface area contributed by atoms with Crippen molar-refractivity contribution in [2.24, 2.45) is 0 Å². The number of aromatic nitrogens is 1. The highest BCUT2D eigenvalue weighted by Gasteiger charge is 2.22. The molecule has 3 aromatic rings. The number of anilines is 1. The van der Waals surface area contributed by atoms with Gasteiger partial charge in [-0.15, -0.1) is 0 Å². The summed E-state index contributed by atoms with van der Waals surface area (Å²) in [5.74, 6) is 1.19. The molecule has 0 aliphatic carbocycles. The molecule has 33 heavy (non-hydrogen) atoms. The highest BCUT2D eigenvalue weighted by Crippen LogP contribution is 2.32. The molecular weight excluding hydrogens is 438 g/mol. The fourth-order valence-corrected chi connectivity index (χ4v) is 5.06. The Labute approximate surface area is 198 Å². The van der Waals surface area contributed by atoms with E-state index in [0.717, 1.165) is 54.6 Å². The van der Waals surface area contributed by atoms with Crippen LogP contribution in [-0.2, 0) is 9.53 Å². The van der Waals surface area contributed by atoms with Crippen molar-refractivity contribution in [2.75, 3.05) is 58.0 Å². The number of rotatable bonds is 9. The molecule has 7 nitrogen and oxygen atoms in total. The minimum atomic E-state index is -0.103. The molecule has 4 rings (SSSR count). The fourth-order valence-electron chi connectivity index (χ4n) is 4.00. The predicted molar refractivity (Wildman–Crippen MR) is 132 cm³/mol. The van der Waals surface area contributed by atoms with Crippen molar-refractivity contribution < 1.29 is 19.0 Å². The standard InChI is InChI=1S/C25H31N3O4S/c1-18-14-19(2)24-22(15-18)26-25(33-24)28(9-5-8-27-10-12-31-13-11-27)23(29)17-32-21-7-4-6-20(16-21)30-3/h4,6-7,14-16H,5,8-13,17H2,1-3H3. The number of carbonyl (C=O) groups excluding carboxylic acids is 1. The van der Waals surface area contributed by atoms with E-state index >= 15 is 0 Å². The Morgan fingerprint density at radius 2 is 1.97 bits per heavy atom. The van der Waals surface area contributed by atoms with Crippen LogP contribution in [0.15, 0.2) is 36.4 Å². The van der Waals surface area contributed by atoms with Gasteiger partial charge in [-0.3, -0.25) is 14.6 Å². The van der Waals surface area contributed by atoms with Gasteiger partial charge in [-0.2, -0.15) is 0 Å². The van der Waals surface area contributed by atoms with Gasteiger partial charge in [0.1, 0.15) is 11.5 Å². The molecule has 0 radical (unpaired) electrons. The molecule has 8 heteroatoms. The molecule has 1 aliphatic heterocycles. The maximum atomic E-state index is 13.3. The maximum Gasteiger partial charge on any atom is 0.266 e. The molecule has 1 aromatic heterocycles. The normalized spacial score (nSPS) is 14.4. The lowest BCUT2D eigenvalue weighted by Crippen LogP contribution is -2.40. The van der Waals surface area contributed by atoms with E-state index < -0.39 is 0 Å². The summed E-state index contributed by atoms with van der Waals surface area (Å²) in [6, 6.07) is 11.5. The first-order chi connectivity index (χ1) is 16.0. The van der Waals surface area contributed by atoms with Gasteiger partial charge < -0.3 is 14.2 Å². The predicted octanol–water partition coefficient (Wildman–Crippen LogP) is 4.06. The zero-order valence-electron chi connectivity index (χ0n) is 19.5. The average molecular weight is 470 g/mol. The third-order valence-electron chi connectivity index (χ3n) is 5.70. The van der Waals surface area contributed by atoms with Crippen LogP contribution in [0.2, 0.25) is 0 Å². The van der Waals surface area contributed by atoms with Crippen LogP contribution in [0.3, 0.4) is 0 Å². The lowest BCUT2D eigenvalue weighted by Gasteiger charge is -2.27. The molecule has 0 atom stereocenters. The van der Waals surface area contributed by atoms with Crippen molar-refractivity contribution in [1.82, 2.24) is 9.88 Å². The quantitative estimate of drug-likeness (QED) is 0.471. The number of fused-ring (bicyclic) bond motifs is 1. The van der Waals surface area contributed by atoms with Crippen LogP contribution in [0.4, 0.5) is 5.13 Å². The molecule has 2 heterocycles. The summed E-state index contributed by atoms with van der Waals surface area (Å²) in [5.41, 5.74) is 3.29. The van der Waals surface area contributed by atoms with Crippen LogP contribution < -0.4 is 14.4 Å². The highest BCUT2D eigenvalue weighted by molar-refractivity contribution is 7.22. The largest absolute Gasteiger partial charge is 0.497 e. The Kier molecular flexibility index (Phi) is 7.80. The van der Waals surface area contributed by atoms with Gasteiger partial charge >= 0.3 is 0 Å². The number of morpholine rings is 1. The molecule has 0 unspecified atom stereocenters. The van der Waals surface area contributed by atoms with Crippen molar-refractivity contribution in [2.45, 2.75) is 20.3 Å². The van der Waals surface area contributed by atoms with Crippen molar-refractivity contribution in [3.63, 3.8) is 0 Å². The topological polar surface area (TPSA) is 64.1 Å². The molecule has 176 valence electrons. The Morgan fingerprint density at radius 3 is 2.76 bits per heavy atom. The van der Waals surface area contributed by atoms with Gasteiger partial charge in [0, 0.05) is 32.2 Å². The number of nitrogens with zero attached hydrogens (tertiary/aromatic N) is 3. The Balaban J connectivity index is 1.49. The lowest BCUT2D eigenvalue weighted by atomic mass is 10.1. The maximum absolute atomic E-state index is 13.3. The van der Waals surface area contributed by atoms with E-state index in [4.69, 9.17) is 19.2 Å². The molecule has 1 fully saturated rings. The van der Waals surface area contributed by atoms with Gasteiger partial charge in [0.05, 0.1) is 30.5 Å². The van der Waals surface area contributed by atoms with Gasteiger partial charge in [0.15, 0.2) is 11.7 Å². The second-order valence-corrected chi connectivity index (χ2v) is 9.22. The molecule has 1 aliphatic rings. The smallest absolute Gasteiger partial charge is 0.266 e. The molecule has 1 amide bonds. The zero-order chi connectivity index (χ0) is 23.2. The Morgan fingerprint density at radius 1 is 1.18 bits per heavy atom. The van der Waals surface area contributed by atoms with E-state index in [1.165, 1.54) is 11.1 Å². The summed E-state index contributed by atoms with van der Waals surface area (Å²) >= 11 is 1.57. The Bertz CT molecular complexity index is 1090. The summed E-state index contributed by atoms with van der Waals surface area (Å²) in [6.07, 6.45) is 0.860. The number of ether oxygens (including phenoxy) is 3. The second-order valence-electron chi connectivity index (χ2n) is 8.25. The van der Waals surface area contributed by atoms with Crippen molar-refractivity contribution in [1.29, 1.82) is 0 Å². The summed E-state index contributed by atoms with van der Waals surface area (Å²) in [6.45, 7) is 9.04. The molecule has 1 saturated heterocycles. The summed E-state index contributed by atoms with van der Waals surface area (Å²) in [4.78, 5) is 22.3. The van der Waals surface area contributed by atoms with Crippen LogP contribution in [0.25, 0.3) is 10.2 Å². The molecule has 2 aromatic carbocycles. The first-order valence-corrected chi connectivity index (χ1v) is 12.1. The molecule has 0 saturated carbocycles. The summed E-state index contributed by atoms with van der Waals surface area (Å²) < 4.78 is 17.6. The van der Waals surface area contributed by atoms with E-state index in [2.05, 4.69) is 30.9 Å². The number of thiazole rings is 1. The summed E-state index contributed by atoms with van der Waals surface area (Å²) in [7, 11) is 1.61. The number of hydrogen-bond donors (Lipinski definition) is 0. The van der Waals surface area contributed by atoms with Gasteiger partial charge in [-0.25, -0.2) is 4.98 Å². The minimum absolute atomic E-state index is 0.0569. The lowest BCUT2D eigenvalue weighted by molar-refractivity contribution is -0.120. The SMILES string of the molecule is COc1cccc(OCC(=O)N(CCCN2CCOCC2)c2nc3cc(C)cc(C)c3s2)c1. The number of methoxy groups -OCH3 is 1. The Hall–Kier alpha value is -2.68. The number of aryl methyl sites for hydroxylation is 2. The van der Waals surface area contributed by atoms with E-state index in [0.29, 0.717) is 18.0 Å². The van der Waals surface area contributed by atoms with Gasteiger partial charge in [0.2, 0.25) is 0 Å². The fraction of sp³-hybridized carbons (Fsp3) is 0.440. The van der Waals surface area contributed by atoms with Crippen molar-refractivity contribution in [3.8, 4) is 11.5 Å². The van der Waals surface area contributed by atoms with E-state index in [1.54, 1.807) is 29.4 Å². The molecule has 0 spiro atoms. The molecule has 0 bridgehead atoms. The second kappa shape index (κ2) is 11.0. The van der Waals surface area contributed by atoms with Crippen LogP contribution in [-0.4, -0.2) is 68.9 Å². The molecular formula is C25H31N3O4S. The number of benzene rings is 2. The van der Waals surface area contributed by atoms with Crippen LogP contribution in [0, 0.1) is 13.8 Å². The number of amides is 1. The van der Waals surface area contributed by atoms with E-state index in [9.17, 15) is 4.79 Å². The number of carbonyl (C=O) groups is 1. The van der Waals surface area contributed by atoms with Crippen LogP contribution in [0.5, 0.6) is 11.5 Å². The van der Waals surface area contributed by atoms with Crippen molar-refractivity contribution in [3.05, 3.63) is 47.5 Å². The monoisotopic (exact) mass is 469 g/mol. The third kappa shape index (κ3) is 6.01. The van der Waals surface area contributed by atoms with Gasteiger partial charge in [0.25, 0.3) is 5.91 Å². The van der Waals surface area contributed by atoms with Gasteiger partial charge in [-0.1, -0.05) is 23.5 Å². The third-order valence-corrected chi connectivity index (χ3v) is 6.93. The minimum Gasteiger partial charge on any atom is -0.497 e. The zero-order valence-corrected chi connectivity index (χ0v) is 20.3.